The van der Waals surface area contributed by atoms with Crippen LogP contribution < -0.4 is 5.32 Å². The second kappa shape index (κ2) is 5.83. The van der Waals surface area contributed by atoms with Crippen molar-refractivity contribution in [3.63, 3.8) is 0 Å². The molecule has 0 aliphatic heterocycles. The average Bonchev–Trinajstić information content (AvgIpc) is 2.41. The summed E-state index contributed by atoms with van der Waals surface area (Å²) in [5.74, 6) is -1.18. The molecule has 0 saturated carbocycles. The fraction of sp³-hybridized carbons (Fsp3) is 0.250. The number of rotatable bonds is 4. The Morgan fingerprint density at radius 3 is 2.32 bits per heavy atom. The van der Waals surface area contributed by atoms with Crippen molar-refractivity contribution in [1.29, 1.82) is 0 Å². The van der Waals surface area contributed by atoms with Gasteiger partial charge in [-0.1, -0.05) is 44.2 Å². The third-order valence-corrected chi connectivity index (χ3v) is 3.08. The van der Waals surface area contributed by atoms with Crippen LogP contribution in [-0.4, -0.2) is 0 Å². The highest BCUT2D eigenvalue weighted by Gasteiger charge is 2.06. The first-order valence-corrected chi connectivity index (χ1v) is 6.34. The van der Waals surface area contributed by atoms with Gasteiger partial charge >= 0.3 is 0 Å². The topological polar surface area (TPSA) is 12.0 Å². The highest BCUT2D eigenvalue weighted by molar-refractivity contribution is 5.45. The summed E-state index contributed by atoms with van der Waals surface area (Å²) in [5.41, 5.74) is 2.49. The van der Waals surface area contributed by atoms with E-state index in [9.17, 15) is 8.78 Å². The monoisotopic (exact) mass is 261 g/mol. The molecule has 0 bridgehead atoms. The van der Waals surface area contributed by atoms with Crippen LogP contribution in [0.5, 0.6) is 0 Å². The van der Waals surface area contributed by atoms with E-state index in [4.69, 9.17) is 0 Å². The van der Waals surface area contributed by atoms with Crippen molar-refractivity contribution in [2.24, 2.45) is 0 Å². The van der Waals surface area contributed by atoms with Crippen LogP contribution in [0.2, 0.25) is 0 Å². The first kappa shape index (κ1) is 13.5. The maximum atomic E-state index is 13.4. The van der Waals surface area contributed by atoms with Crippen LogP contribution in [0.15, 0.2) is 42.5 Å². The third kappa shape index (κ3) is 3.31. The zero-order chi connectivity index (χ0) is 13.8. The lowest BCUT2D eigenvalue weighted by atomic mass is 10.0. The Kier molecular flexibility index (Phi) is 4.15. The highest BCUT2D eigenvalue weighted by atomic mass is 19.2. The number of benzene rings is 2. The molecule has 19 heavy (non-hydrogen) atoms. The Morgan fingerprint density at radius 1 is 1.00 bits per heavy atom. The normalized spacial score (nSPS) is 10.8. The first-order valence-electron chi connectivity index (χ1n) is 6.34. The minimum absolute atomic E-state index is 0.188. The molecule has 2 aromatic carbocycles. The molecule has 100 valence electrons. The van der Waals surface area contributed by atoms with Crippen LogP contribution in [0.3, 0.4) is 0 Å². The van der Waals surface area contributed by atoms with Crippen molar-refractivity contribution >= 4 is 5.69 Å². The van der Waals surface area contributed by atoms with Crippen molar-refractivity contribution < 1.29 is 8.78 Å². The number of nitrogens with one attached hydrogen (secondary N) is 1. The second-order valence-electron chi connectivity index (χ2n) is 4.85. The lowest BCUT2D eigenvalue weighted by molar-refractivity contribution is 0.511. The first-order chi connectivity index (χ1) is 9.08. The van der Waals surface area contributed by atoms with E-state index in [-0.39, 0.29) is 5.69 Å². The molecule has 0 aliphatic carbocycles. The number of anilines is 1. The maximum Gasteiger partial charge on any atom is 0.181 e. The van der Waals surface area contributed by atoms with Gasteiger partial charge in [-0.05, 0) is 29.2 Å². The molecule has 0 aromatic heterocycles. The largest absolute Gasteiger partial charge is 0.379 e. The molecule has 2 aromatic rings. The molecular weight excluding hydrogens is 244 g/mol. The summed E-state index contributed by atoms with van der Waals surface area (Å²) >= 11 is 0. The summed E-state index contributed by atoms with van der Waals surface area (Å²) in [6, 6.07) is 12.2. The van der Waals surface area contributed by atoms with Gasteiger partial charge in [-0.2, -0.15) is 0 Å². The van der Waals surface area contributed by atoms with Crippen LogP contribution in [0.25, 0.3) is 0 Å². The van der Waals surface area contributed by atoms with Crippen molar-refractivity contribution in [3.8, 4) is 0 Å². The SMILES string of the molecule is CC(C)c1ccc(CNc2cccc(F)c2F)cc1. The molecule has 3 heteroatoms. The summed E-state index contributed by atoms with van der Waals surface area (Å²) < 4.78 is 26.5. The zero-order valence-corrected chi connectivity index (χ0v) is 11.1. The number of hydrogen-bond acceptors (Lipinski definition) is 1. The molecule has 0 fully saturated rings. The Balaban J connectivity index is 2.04. The average molecular weight is 261 g/mol. The van der Waals surface area contributed by atoms with E-state index in [2.05, 4.69) is 31.3 Å². The van der Waals surface area contributed by atoms with E-state index >= 15 is 0 Å². The van der Waals surface area contributed by atoms with E-state index in [1.54, 1.807) is 0 Å². The van der Waals surface area contributed by atoms with Crippen LogP contribution in [0, 0.1) is 11.6 Å². The van der Waals surface area contributed by atoms with Gasteiger partial charge in [-0.25, -0.2) is 8.78 Å². The minimum atomic E-state index is -0.833. The Hall–Kier alpha value is -1.90. The molecule has 0 spiro atoms. The Bertz CT molecular complexity index is 547. The lowest BCUT2D eigenvalue weighted by Gasteiger charge is -2.10. The summed E-state index contributed by atoms with van der Waals surface area (Å²) in [4.78, 5) is 0. The predicted molar refractivity (Wildman–Crippen MR) is 74.2 cm³/mol. The molecule has 0 radical (unpaired) electrons. The lowest BCUT2D eigenvalue weighted by Crippen LogP contribution is -2.02. The third-order valence-electron chi connectivity index (χ3n) is 3.08. The molecule has 1 N–H and O–H groups in total. The molecule has 0 amide bonds. The van der Waals surface area contributed by atoms with Gasteiger partial charge in [0.15, 0.2) is 11.6 Å². The molecule has 0 unspecified atom stereocenters. The Labute approximate surface area is 112 Å². The Morgan fingerprint density at radius 2 is 1.68 bits per heavy atom. The van der Waals surface area contributed by atoms with Crippen molar-refractivity contribution in [2.75, 3.05) is 5.32 Å². The van der Waals surface area contributed by atoms with E-state index in [1.165, 1.54) is 17.7 Å². The van der Waals surface area contributed by atoms with E-state index in [1.807, 2.05) is 12.1 Å². The van der Waals surface area contributed by atoms with Crippen LogP contribution in [-0.2, 0) is 6.54 Å². The molecule has 2 rings (SSSR count). The number of halogens is 2. The maximum absolute atomic E-state index is 13.4. The molecular formula is C16H17F2N. The van der Waals surface area contributed by atoms with Gasteiger partial charge < -0.3 is 5.32 Å². The standard InChI is InChI=1S/C16H17F2N/c1-11(2)13-8-6-12(7-9-13)10-19-15-5-3-4-14(17)16(15)18/h3-9,11,19H,10H2,1-2H3. The highest BCUT2D eigenvalue weighted by Crippen LogP contribution is 2.18. The van der Waals surface area contributed by atoms with Crippen molar-refractivity contribution in [1.82, 2.24) is 0 Å². The second-order valence-corrected chi connectivity index (χ2v) is 4.85. The van der Waals surface area contributed by atoms with Gasteiger partial charge in [-0.3, -0.25) is 0 Å². The van der Waals surface area contributed by atoms with E-state index in [0.717, 1.165) is 11.6 Å². The van der Waals surface area contributed by atoms with Gasteiger partial charge in [0.05, 0.1) is 5.69 Å². The fourth-order valence-corrected chi connectivity index (χ4v) is 1.86. The molecule has 0 saturated heterocycles. The predicted octanol–water partition coefficient (Wildman–Crippen LogP) is 4.70. The molecule has 0 aliphatic rings. The zero-order valence-electron chi connectivity index (χ0n) is 11.1. The van der Waals surface area contributed by atoms with Crippen molar-refractivity contribution in [2.45, 2.75) is 26.3 Å². The van der Waals surface area contributed by atoms with Gasteiger partial charge in [-0.15, -0.1) is 0 Å². The minimum Gasteiger partial charge on any atom is -0.379 e. The van der Waals surface area contributed by atoms with Crippen molar-refractivity contribution in [3.05, 3.63) is 65.2 Å². The number of hydrogen-bond donors (Lipinski definition) is 1. The smallest absolute Gasteiger partial charge is 0.181 e. The summed E-state index contributed by atoms with van der Waals surface area (Å²) in [7, 11) is 0. The van der Waals surface area contributed by atoms with Crippen LogP contribution in [0.1, 0.15) is 30.9 Å². The summed E-state index contributed by atoms with van der Waals surface area (Å²) in [6.07, 6.45) is 0. The van der Waals surface area contributed by atoms with Gasteiger partial charge in [0.25, 0.3) is 0 Å². The van der Waals surface area contributed by atoms with Gasteiger partial charge in [0.2, 0.25) is 0 Å². The van der Waals surface area contributed by atoms with E-state index in [0.29, 0.717) is 12.5 Å². The molecule has 1 nitrogen and oxygen atoms in total. The summed E-state index contributed by atoms with van der Waals surface area (Å²) in [6.45, 7) is 4.74. The van der Waals surface area contributed by atoms with Gasteiger partial charge in [0, 0.05) is 6.54 Å². The van der Waals surface area contributed by atoms with Crippen LogP contribution in [0.4, 0.5) is 14.5 Å². The molecule has 0 heterocycles. The molecule has 0 atom stereocenters. The van der Waals surface area contributed by atoms with Crippen LogP contribution >= 0.6 is 0 Å². The van der Waals surface area contributed by atoms with E-state index < -0.39 is 11.6 Å². The quantitative estimate of drug-likeness (QED) is 0.841. The van der Waals surface area contributed by atoms with Gasteiger partial charge in [0.1, 0.15) is 0 Å². The summed E-state index contributed by atoms with van der Waals surface area (Å²) in [5, 5.41) is 2.90. The fourth-order valence-electron chi connectivity index (χ4n) is 1.86.